The number of para-hydroxylation sites is 3. The molecule has 6 heteroatoms. The number of carbonyl (C=O) groups excluding carboxylic acids is 2. The Balaban J connectivity index is 1.43. The molecule has 0 spiro atoms. The van der Waals surface area contributed by atoms with Gasteiger partial charge in [0.1, 0.15) is 11.5 Å². The lowest BCUT2D eigenvalue weighted by Gasteiger charge is -2.28. The lowest BCUT2D eigenvalue weighted by Crippen LogP contribution is -2.42. The fourth-order valence-electron chi connectivity index (χ4n) is 3.14. The number of anilines is 1. The van der Waals surface area contributed by atoms with Crippen LogP contribution in [0.25, 0.3) is 0 Å². The average molecular weight is 338 g/mol. The van der Waals surface area contributed by atoms with E-state index in [2.05, 4.69) is 10.6 Å². The van der Waals surface area contributed by atoms with Gasteiger partial charge in [-0.25, -0.2) is 0 Å². The Hall–Kier alpha value is -3.02. The standard InChI is InChI=1S/C19H18N2O4/c22-18(20-13-9-10-24-15-7-3-1-5-12(13)15)11-17-19(23)21-14-6-2-4-8-16(14)25-17/h1-8,13,17H,9-11H2,(H,20,22)(H,21,23)/t13-,17-/m1/s1. The number of hydrogen-bond donors (Lipinski definition) is 2. The summed E-state index contributed by atoms with van der Waals surface area (Å²) in [6.45, 7) is 0.551. The molecule has 0 aliphatic carbocycles. The zero-order valence-corrected chi connectivity index (χ0v) is 13.5. The smallest absolute Gasteiger partial charge is 0.266 e. The van der Waals surface area contributed by atoms with Gasteiger partial charge < -0.3 is 20.1 Å². The first kappa shape index (κ1) is 15.5. The molecular formula is C19H18N2O4. The second-order valence-corrected chi connectivity index (χ2v) is 6.09. The summed E-state index contributed by atoms with van der Waals surface area (Å²) in [5, 5.41) is 5.76. The van der Waals surface area contributed by atoms with Crippen LogP contribution in [-0.4, -0.2) is 24.5 Å². The number of ether oxygens (including phenoxy) is 2. The lowest BCUT2D eigenvalue weighted by atomic mass is 10.00. The summed E-state index contributed by atoms with van der Waals surface area (Å²) in [4.78, 5) is 24.6. The SMILES string of the molecule is O=C(C[C@H]1Oc2ccccc2NC1=O)N[C@@H]1CCOc2ccccc21. The minimum Gasteiger partial charge on any atom is -0.493 e. The van der Waals surface area contributed by atoms with Crippen LogP contribution >= 0.6 is 0 Å². The quantitative estimate of drug-likeness (QED) is 0.901. The Bertz CT molecular complexity index is 821. The predicted molar refractivity (Wildman–Crippen MR) is 91.5 cm³/mol. The average Bonchev–Trinajstić information content (AvgIpc) is 2.63. The molecule has 0 saturated carbocycles. The highest BCUT2D eigenvalue weighted by Gasteiger charge is 2.31. The summed E-state index contributed by atoms with van der Waals surface area (Å²) in [6.07, 6.45) is -0.159. The maximum absolute atomic E-state index is 12.4. The third kappa shape index (κ3) is 3.15. The molecule has 0 bridgehead atoms. The van der Waals surface area contributed by atoms with Crippen LogP contribution in [0.5, 0.6) is 11.5 Å². The topological polar surface area (TPSA) is 76.7 Å². The fraction of sp³-hybridized carbons (Fsp3) is 0.263. The number of hydrogen-bond acceptors (Lipinski definition) is 4. The third-order valence-corrected chi connectivity index (χ3v) is 4.37. The highest BCUT2D eigenvalue weighted by Crippen LogP contribution is 2.32. The van der Waals surface area contributed by atoms with Crippen LogP contribution in [0.2, 0.25) is 0 Å². The number of amides is 2. The van der Waals surface area contributed by atoms with Crippen molar-refractivity contribution >= 4 is 17.5 Å². The van der Waals surface area contributed by atoms with Crippen molar-refractivity contribution in [1.82, 2.24) is 5.32 Å². The number of fused-ring (bicyclic) bond motifs is 2. The summed E-state index contributed by atoms with van der Waals surface area (Å²) >= 11 is 0. The summed E-state index contributed by atoms with van der Waals surface area (Å²) in [6, 6.07) is 14.7. The molecule has 2 N–H and O–H groups in total. The molecule has 0 unspecified atom stereocenters. The van der Waals surface area contributed by atoms with Crippen molar-refractivity contribution in [3.63, 3.8) is 0 Å². The highest BCUT2D eigenvalue weighted by molar-refractivity contribution is 5.99. The molecule has 2 aliphatic heterocycles. The molecule has 0 aromatic heterocycles. The molecule has 0 fully saturated rings. The van der Waals surface area contributed by atoms with Crippen LogP contribution in [0.15, 0.2) is 48.5 Å². The van der Waals surface area contributed by atoms with Gasteiger partial charge in [0.05, 0.1) is 24.8 Å². The van der Waals surface area contributed by atoms with E-state index in [1.165, 1.54) is 0 Å². The van der Waals surface area contributed by atoms with Crippen molar-refractivity contribution < 1.29 is 19.1 Å². The Morgan fingerprint density at radius 3 is 2.76 bits per heavy atom. The second-order valence-electron chi connectivity index (χ2n) is 6.09. The molecule has 4 rings (SSSR count). The lowest BCUT2D eigenvalue weighted by molar-refractivity contribution is -0.131. The molecule has 2 heterocycles. The van der Waals surface area contributed by atoms with E-state index in [0.717, 1.165) is 11.3 Å². The Morgan fingerprint density at radius 1 is 1.12 bits per heavy atom. The van der Waals surface area contributed by atoms with E-state index >= 15 is 0 Å². The van der Waals surface area contributed by atoms with Crippen LogP contribution in [0, 0.1) is 0 Å². The number of carbonyl (C=O) groups is 2. The minimum absolute atomic E-state index is 0.0281. The molecule has 6 nitrogen and oxygen atoms in total. The van der Waals surface area contributed by atoms with E-state index in [-0.39, 0.29) is 24.3 Å². The number of rotatable bonds is 3. The van der Waals surface area contributed by atoms with Gasteiger partial charge in [0.2, 0.25) is 5.91 Å². The monoisotopic (exact) mass is 338 g/mol. The van der Waals surface area contributed by atoms with Gasteiger partial charge in [0.25, 0.3) is 5.91 Å². The van der Waals surface area contributed by atoms with E-state index in [1.54, 1.807) is 12.1 Å². The van der Waals surface area contributed by atoms with E-state index in [4.69, 9.17) is 9.47 Å². The van der Waals surface area contributed by atoms with Gasteiger partial charge in [0.15, 0.2) is 6.10 Å². The van der Waals surface area contributed by atoms with Crippen molar-refractivity contribution in [2.24, 2.45) is 0 Å². The van der Waals surface area contributed by atoms with Crippen molar-refractivity contribution in [2.75, 3.05) is 11.9 Å². The second kappa shape index (κ2) is 6.47. The van der Waals surface area contributed by atoms with Crippen molar-refractivity contribution in [1.29, 1.82) is 0 Å². The highest BCUT2D eigenvalue weighted by atomic mass is 16.5. The van der Waals surface area contributed by atoms with Crippen molar-refractivity contribution in [2.45, 2.75) is 25.0 Å². The van der Waals surface area contributed by atoms with E-state index in [9.17, 15) is 9.59 Å². The van der Waals surface area contributed by atoms with Crippen LogP contribution in [0.1, 0.15) is 24.4 Å². The van der Waals surface area contributed by atoms with E-state index in [1.807, 2.05) is 36.4 Å². The van der Waals surface area contributed by atoms with Gasteiger partial charge in [-0.15, -0.1) is 0 Å². The summed E-state index contributed by atoms with van der Waals surface area (Å²) in [5.41, 5.74) is 1.59. The number of nitrogens with one attached hydrogen (secondary N) is 2. The van der Waals surface area contributed by atoms with Crippen molar-refractivity contribution in [3.05, 3.63) is 54.1 Å². The largest absolute Gasteiger partial charge is 0.493 e. The van der Waals surface area contributed by atoms with Gasteiger partial charge in [0, 0.05) is 12.0 Å². The van der Waals surface area contributed by atoms with Gasteiger partial charge in [-0.1, -0.05) is 30.3 Å². The first-order valence-electron chi connectivity index (χ1n) is 8.28. The Kier molecular flexibility index (Phi) is 4.01. The molecule has 2 amide bonds. The molecule has 0 saturated heterocycles. The molecule has 0 radical (unpaired) electrons. The summed E-state index contributed by atoms with van der Waals surface area (Å²) in [5.74, 6) is 0.846. The third-order valence-electron chi connectivity index (χ3n) is 4.37. The molecule has 25 heavy (non-hydrogen) atoms. The van der Waals surface area contributed by atoms with E-state index < -0.39 is 6.10 Å². The molecule has 2 aromatic carbocycles. The van der Waals surface area contributed by atoms with Gasteiger partial charge in [-0.05, 0) is 18.2 Å². The van der Waals surface area contributed by atoms with Gasteiger partial charge >= 0.3 is 0 Å². The molecule has 2 aromatic rings. The van der Waals surface area contributed by atoms with Crippen molar-refractivity contribution in [3.8, 4) is 11.5 Å². The first-order valence-corrected chi connectivity index (χ1v) is 8.28. The Labute approximate surface area is 145 Å². The van der Waals surface area contributed by atoms with Crippen LogP contribution in [-0.2, 0) is 9.59 Å². The fourth-order valence-corrected chi connectivity index (χ4v) is 3.14. The Morgan fingerprint density at radius 2 is 1.88 bits per heavy atom. The molecule has 128 valence electrons. The normalized spacial score (nSPS) is 21.0. The number of benzene rings is 2. The molecule has 2 aliphatic rings. The van der Waals surface area contributed by atoms with Gasteiger partial charge in [-0.2, -0.15) is 0 Å². The predicted octanol–water partition coefficient (Wildman–Crippen LogP) is 2.42. The van der Waals surface area contributed by atoms with Crippen LogP contribution in [0.3, 0.4) is 0 Å². The zero-order valence-electron chi connectivity index (χ0n) is 13.5. The van der Waals surface area contributed by atoms with Crippen LogP contribution in [0.4, 0.5) is 5.69 Å². The van der Waals surface area contributed by atoms with E-state index in [0.29, 0.717) is 24.5 Å². The maximum Gasteiger partial charge on any atom is 0.266 e. The maximum atomic E-state index is 12.4. The summed E-state index contributed by atoms with van der Waals surface area (Å²) < 4.78 is 11.3. The minimum atomic E-state index is -0.829. The van der Waals surface area contributed by atoms with Gasteiger partial charge in [-0.3, -0.25) is 9.59 Å². The zero-order chi connectivity index (χ0) is 17.2. The summed E-state index contributed by atoms with van der Waals surface area (Å²) in [7, 11) is 0. The molecule has 2 atom stereocenters. The first-order chi connectivity index (χ1) is 12.2. The molecular weight excluding hydrogens is 320 g/mol. The van der Waals surface area contributed by atoms with Crippen LogP contribution < -0.4 is 20.1 Å².